The minimum absolute atomic E-state index is 0.0818. The van der Waals surface area contributed by atoms with Crippen molar-refractivity contribution in [2.45, 2.75) is 6.54 Å². The fraction of sp³-hybridized carbons (Fsp3) is 0.250. The fourth-order valence-corrected chi connectivity index (χ4v) is 1.21. The van der Waals surface area contributed by atoms with E-state index in [9.17, 15) is 0 Å². The summed E-state index contributed by atoms with van der Waals surface area (Å²) in [6.45, 7) is 5.18. The number of rotatable bonds is 6. The third-order valence-corrected chi connectivity index (χ3v) is 1.87. The molecule has 3 nitrogen and oxygen atoms in total. The lowest BCUT2D eigenvalue weighted by Gasteiger charge is -2.08. The topological polar surface area (TPSA) is 45.0 Å². The third-order valence-electron chi connectivity index (χ3n) is 1.87. The molecule has 0 atom stereocenters. The van der Waals surface area contributed by atoms with Gasteiger partial charge in [-0.2, -0.15) is 5.26 Å². The molecule has 1 N–H and O–H groups in total. The molecule has 0 bridgehead atoms. The van der Waals surface area contributed by atoms with Gasteiger partial charge in [-0.3, -0.25) is 0 Å². The van der Waals surface area contributed by atoms with Crippen LogP contribution < -0.4 is 10.1 Å². The van der Waals surface area contributed by atoms with Gasteiger partial charge in [0.15, 0.2) is 6.61 Å². The molecule has 0 aliphatic carbocycles. The van der Waals surface area contributed by atoms with Crippen molar-refractivity contribution in [2.75, 3.05) is 13.2 Å². The first-order valence-corrected chi connectivity index (χ1v) is 4.77. The molecule has 0 aromatic heterocycles. The van der Waals surface area contributed by atoms with Gasteiger partial charge in [-0.1, -0.05) is 24.3 Å². The zero-order valence-electron chi connectivity index (χ0n) is 8.57. The maximum absolute atomic E-state index is 8.43. The first kappa shape index (κ1) is 11.3. The lowest BCUT2D eigenvalue weighted by atomic mass is 10.2. The summed E-state index contributed by atoms with van der Waals surface area (Å²) in [5.41, 5.74) is 1.05. The first-order chi connectivity index (χ1) is 7.38. The molecule has 15 heavy (non-hydrogen) atoms. The number of nitrogens with one attached hydrogen (secondary N) is 1. The number of hydrogen-bond donors (Lipinski definition) is 1. The van der Waals surface area contributed by atoms with Crippen LogP contribution in [-0.2, 0) is 6.54 Å². The number of benzene rings is 1. The SMILES string of the molecule is C=CCNCc1ccccc1OCC#N. The van der Waals surface area contributed by atoms with E-state index in [1.165, 1.54) is 0 Å². The van der Waals surface area contributed by atoms with Crippen LogP contribution in [0, 0.1) is 11.3 Å². The molecule has 0 aliphatic heterocycles. The smallest absolute Gasteiger partial charge is 0.174 e. The van der Waals surface area contributed by atoms with Crippen molar-refractivity contribution < 1.29 is 4.74 Å². The van der Waals surface area contributed by atoms with Crippen molar-refractivity contribution >= 4 is 0 Å². The monoisotopic (exact) mass is 202 g/mol. The molecule has 1 aromatic rings. The van der Waals surface area contributed by atoms with E-state index < -0.39 is 0 Å². The molecule has 1 rings (SSSR count). The molecule has 0 heterocycles. The maximum atomic E-state index is 8.43. The molecule has 0 spiro atoms. The fourth-order valence-electron chi connectivity index (χ4n) is 1.21. The predicted molar refractivity (Wildman–Crippen MR) is 59.5 cm³/mol. The molecule has 0 amide bonds. The molecule has 0 unspecified atom stereocenters. The van der Waals surface area contributed by atoms with E-state index in [4.69, 9.17) is 10.00 Å². The van der Waals surface area contributed by atoms with Crippen molar-refractivity contribution in [1.29, 1.82) is 5.26 Å². The Morgan fingerprint density at radius 1 is 1.47 bits per heavy atom. The van der Waals surface area contributed by atoms with Gasteiger partial charge in [-0.25, -0.2) is 0 Å². The van der Waals surface area contributed by atoms with Crippen LogP contribution in [0.15, 0.2) is 36.9 Å². The quantitative estimate of drug-likeness (QED) is 0.565. The zero-order chi connectivity index (χ0) is 10.9. The number of para-hydroxylation sites is 1. The van der Waals surface area contributed by atoms with Gasteiger partial charge in [0, 0.05) is 18.7 Å². The summed E-state index contributed by atoms with van der Waals surface area (Å²) in [4.78, 5) is 0. The van der Waals surface area contributed by atoms with Gasteiger partial charge in [0.25, 0.3) is 0 Å². The molecule has 0 saturated heterocycles. The summed E-state index contributed by atoms with van der Waals surface area (Å²) in [5.74, 6) is 0.760. The number of nitriles is 1. The van der Waals surface area contributed by atoms with Crippen LogP contribution in [0.2, 0.25) is 0 Å². The van der Waals surface area contributed by atoms with E-state index in [-0.39, 0.29) is 6.61 Å². The zero-order valence-corrected chi connectivity index (χ0v) is 8.57. The van der Waals surface area contributed by atoms with Crippen LogP contribution in [0.5, 0.6) is 5.75 Å². The van der Waals surface area contributed by atoms with Crippen LogP contribution in [0.25, 0.3) is 0 Å². The highest BCUT2D eigenvalue weighted by atomic mass is 16.5. The lowest BCUT2D eigenvalue weighted by Crippen LogP contribution is -2.13. The van der Waals surface area contributed by atoms with E-state index in [2.05, 4.69) is 11.9 Å². The van der Waals surface area contributed by atoms with E-state index in [1.807, 2.05) is 30.3 Å². The largest absolute Gasteiger partial charge is 0.478 e. The average Bonchev–Trinajstić information content (AvgIpc) is 2.28. The second kappa shape index (κ2) is 6.63. The highest BCUT2D eigenvalue weighted by Crippen LogP contribution is 2.17. The van der Waals surface area contributed by atoms with Crippen LogP contribution in [0.4, 0.5) is 0 Å². The third kappa shape index (κ3) is 3.84. The Morgan fingerprint density at radius 3 is 3.00 bits per heavy atom. The van der Waals surface area contributed by atoms with Gasteiger partial charge in [0.05, 0.1) is 0 Å². The molecular formula is C12H14N2O. The molecule has 1 aromatic carbocycles. The predicted octanol–water partition coefficient (Wildman–Crippen LogP) is 1.86. The van der Waals surface area contributed by atoms with Crippen molar-refractivity contribution in [1.82, 2.24) is 5.32 Å². The number of ether oxygens (including phenoxy) is 1. The van der Waals surface area contributed by atoms with E-state index in [0.717, 1.165) is 17.9 Å². The Bertz CT molecular complexity index is 355. The van der Waals surface area contributed by atoms with Gasteiger partial charge in [0.1, 0.15) is 11.8 Å². The average molecular weight is 202 g/mol. The number of nitrogens with zero attached hydrogens (tertiary/aromatic N) is 1. The molecule has 78 valence electrons. The van der Waals surface area contributed by atoms with Gasteiger partial charge in [0.2, 0.25) is 0 Å². The molecular weight excluding hydrogens is 188 g/mol. The van der Waals surface area contributed by atoms with Crippen molar-refractivity contribution in [3.05, 3.63) is 42.5 Å². The van der Waals surface area contributed by atoms with Crippen LogP contribution in [0.3, 0.4) is 0 Å². The van der Waals surface area contributed by atoms with Crippen LogP contribution in [-0.4, -0.2) is 13.2 Å². The second-order valence-corrected chi connectivity index (χ2v) is 2.97. The second-order valence-electron chi connectivity index (χ2n) is 2.97. The Balaban J connectivity index is 2.60. The van der Waals surface area contributed by atoms with Gasteiger partial charge >= 0.3 is 0 Å². The normalized spacial score (nSPS) is 9.27. The van der Waals surface area contributed by atoms with Gasteiger partial charge in [-0.05, 0) is 6.07 Å². The summed E-state index contributed by atoms with van der Waals surface area (Å²) in [6.07, 6.45) is 1.80. The van der Waals surface area contributed by atoms with E-state index in [0.29, 0.717) is 6.54 Å². The summed E-state index contributed by atoms with van der Waals surface area (Å²) >= 11 is 0. The van der Waals surface area contributed by atoms with Crippen molar-refractivity contribution in [2.24, 2.45) is 0 Å². The Labute approximate surface area is 90.0 Å². The summed E-state index contributed by atoms with van der Waals surface area (Å²) in [6, 6.07) is 9.63. The molecule has 3 heteroatoms. The highest BCUT2D eigenvalue weighted by molar-refractivity contribution is 5.33. The summed E-state index contributed by atoms with van der Waals surface area (Å²) in [7, 11) is 0. The van der Waals surface area contributed by atoms with E-state index in [1.54, 1.807) is 6.08 Å². The Kier molecular flexibility index (Phi) is 4.99. The Morgan fingerprint density at radius 2 is 2.27 bits per heavy atom. The minimum Gasteiger partial charge on any atom is -0.478 e. The molecule has 0 fully saturated rings. The Hall–Kier alpha value is -1.79. The minimum atomic E-state index is 0.0818. The van der Waals surface area contributed by atoms with Crippen molar-refractivity contribution in [3.63, 3.8) is 0 Å². The summed E-state index contributed by atoms with van der Waals surface area (Å²) < 4.78 is 5.29. The van der Waals surface area contributed by atoms with Gasteiger partial charge < -0.3 is 10.1 Å². The highest BCUT2D eigenvalue weighted by Gasteiger charge is 2.00. The van der Waals surface area contributed by atoms with Crippen molar-refractivity contribution in [3.8, 4) is 11.8 Å². The molecule has 0 aliphatic rings. The van der Waals surface area contributed by atoms with Gasteiger partial charge in [-0.15, -0.1) is 6.58 Å². The summed E-state index contributed by atoms with van der Waals surface area (Å²) in [5, 5.41) is 11.6. The maximum Gasteiger partial charge on any atom is 0.174 e. The van der Waals surface area contributed by atoms with E-state index >= 15 is 0 Å². The van der Waals surface area contributed by atoms with Crippen LogP contribution >= 0.6 is 0 Å². The first-order valence-electron chi connectivity index (χ1n) is 4.77. The van der Waals surface area contributed by atoms with Crippen LogP contribution in [0.1, 0.15) is 5.56 Å². The lowest BCUT2D eigenvalue weighted by molar-refractivity contribution is 0.363. The molecule has 0 saturated carbocycles. The molecule has 0 radical (unpaired) electrons. The number of hydrogen-bond acceptors (Lipinski definition) is 3. The standard InChI is InChI=1S/C12H14N2O/c1-2-8-14-10-11-5-3-4-6-12(11)15-9-7-13/h2-6,14H,1,8-10H2.